The van der Waals surface area contributed by atoms with Crippen LogP contribution in [-0.4, -0.2) is 23.4 Å². The van der Waals surface area contributed by atoms with E-state index in [9.17, 15) is 9.59 Å². The SMILES string of the molecule is CCOc1ccc(-c2nc(C(=O)NNC(=O)Cc3ccccc3)cs2)cc1. The Morgan fingerprint density at radius 1 is 1.04 bits per heavy atom. The number of aromatic nitrogens is 1. The van der Waals surface area contributed by atoms with E-state index in [2.05, 4.69) is 15.8 Å². The second-order valence-corrected chi connectivity index (χ2v) is 6.52. The van der Waals surface area contributed by atoms with Gasteiger partial charge in [0, 0.05) is 10.9 Å². The molecule has 0 radical (unpaired) electrons. The van der Waals surface area contributed by atoms with Gasteiger partial charge in [-0.15, -0.1) is 11.3 Å². The molecule has 0 aliphatic carbocycles. The van der Waals surface area contributed by atoms with Crippen LogP contribution in [0.1, 0.15) is 23.0 Å². The molecule has 7 heteroatoms. The number of hydrogen-bond donors (Lipinski definition) is 2. The summed E-state index contributed by atoms with van der Waals surface area (Å²) in [6, 6.07) is 16.8. The molecule has 27 heavy (non-hydrogen) atoms. The second kappa shape index (κ2) is 8.95. The fraction of sp³-hybridized carbons (Fsp3) is 0.150. The quantitative estimate of drug-likeness (QED) is 0.643. The standard InChI is InChI=1S/C20H19N3O3S/c1-2-26-16-10-8-15(9-11-16)20-21-17(13-27-20)19(25)23-22-18(24)12-14-6-4-3-5-7-14/h3-11,13H,2,12H2,1H3,(H,22,24)(H,23,25). The van der Waals surface area contributed by atoms with Crippen molar-refractivity contribution in [3.8, 4) is 16.3 Å². The maximum atomic E-state index is 12.2. The number of ether oxygens (including phenoxy) is 1. The molecule has 3 aromatic rings. The fourth-order valence-electron chi connectivity index (χ4n) is 2.39. The van der Waals surface area contributed by atoms with Gasteiger partial charge in [0.15, 0.2) is 0 Å². The number of carbonyl (C=O) groups is 2. The highest BCUT2D eigenvalue weighted by Gasteiger charge is 2.13. The van der Waals surface area contributed by atoms with Gasteiger partial charge in [-0.3, -0.25) is 20.4 Å². The molecule has 0 saturated heterocycles. The third-order valence-corrected chi connectivity index (χ3v) is 4.56. The van der Waals surface area contributed by atoms with Crippen molar-refractivity contribution in [2.75, 3.05) is 6.61 Å². The number of hydrazine groups is 1. The number of rotatable bonds is 6. The summed E-state index contributed by atoms with van der Waals surface area (Å²) in [5.74, 6) is 0.0401. The van der Waals surface area contributed by atoms with Crippen molar-refractivity contribution in [2.24, 2.45) is 0 Å². The minimum Gasteiger partial charge on any atom is -0.494 e. The van der Waals surface area contributed by atoms with E-state index in [-0.39, 0.29) is 18.0 Å². The fourth-order valence-corrected chi connectivity index (χ4v) is 3.19. The van der Waals surface area contributed by atoms with Gasteiger partial charge in [0.1, 0.15) is 16.5 Å². The first kappa shape index (κ1) is 18.6. The van der Waals surface area contributed by atoms with E-state index < -0.39 is 5.91 Å². The van der Waals surface area contributed by atoms with Gasteiger partial charge < -0.3 is 4.74 Å². The van der Waals surface area contributed by atoms with Crippen molar-refractivity contribution in [3.05, 3.63) is 71.2 Å². The average Bonchev–Trinajstić information content (AvgIpc) is 3.18. The number of thiazole rings is 1. The van der Waals surface area contributed by atoms with Crippen LogP contribution in [0.5, 0.6) is 5.75 Å². The minimum absolute atomic E-state index is 0.190. The second-order valence-electron chi connectivity index (χ2n) is 5.66. The van der Waals surface area contributed by atoms with Gasteiger partial charge in [-0.25, -0.2) is 4.98 Å². The summed E-state index contributed by atoms with van der Waals surface area (Å²) in [7, 11) is 0. The van der Waals surface area contributed by atoms with Gasteiger partial charge in [-0.05, 0) is 36.8 Å². The first-order valence-corrected chi connectivity index (χ1v) is 9.35. The predicted octanol–water partition coefficient (Wildman–Crippen LogP) is 3.21. The summed E-state index contributed by atoms with van der Waals surface area (Å²) in [5.41, 5.74) is 6.83. The zero-order valence-corrected chi connectivity index (χ0v) is 15.6. The molecule has 1 heterocycles. The molecular formula is C20H19N3O3S. The number of amides is 2. The lowest BCUT2D eigenvalue weighted by atomic mass is 10.1. The van der Waals surface area contributed by atoms with E-state index in [1.165, 1.54) is 11.3 Å². The highest BCUT2D eigenvalue weighted by atomic mass is 32.1. The van der Waals surface area contributed by atoms with Crippen molar-refractivity contribution in [1.82, 2.24) is 15.8 Å². The molecular weight excluding hydrogens is 362 g/mol. The minimum atomic E-state index is -0.454. The van der Waals surface area contributed by atoms with E-state index in [1.807, 2.05) is 61.5 Å². The average molecular weight is 381 g/mol. The third kappa shape index (κ3) is 5.15. The van der Waals surface area contributed by atoms with Crippen molar-refractivity contribution >= 4 is 23.2 Å². The molecule has 138 valence electrons. The molecule has 0 aliphatic heterocycles. The maximum absolute atomic E-state index is 12.2. The van der Waals surface area contributed by atoms with Crippen LogP contribution in [0.2, 0.25) is 0 Å². The molecule has 2 N–H and O–H groups in total. The molecule has 2 aromatic carbocycles. The molecule has 0 atom stereocenters. The van der Waals surface area contributed by atoms with E-state index in [1.54, 1.807) is 5.38 Å². The van der Waals surface area contributed by atoms with Crippen LogP contribution in [0.15, 0.2) is 60.0 Å². The molecule has 0 fully saturated rings. The van der Waals surface area contributed by atoms with Crippen LogP contribution in [0.25, 0.3) is 10.6 Å². The summed E-state index contributed by atoms with van der Waals surface area (Å²) < 4.78 is 5.42. The van der Waals surface area contributed by atoms with E-state index in [0.29, 0.717) is 6.61 Å². The first-order valence-electron chi connectivity index (χ1n) is 8.47. The molecule has 0 unspecified atom stereocenters. The van der Waals surface area contributed by atoms with Crippen LogP contribution >= 0.6 is 11.3 Å². The van der Waals surface area contributed by atoms with Crippen molar-refractivity contribution in [3.63, 3.8) is 0 Å². The summed E-state index contributed by atoms with van der Waals surface area (Å²) in [5, 5.41) is 2.38. The Labute approximate surface area is 161 Å². The smallest absolute Gasteiger partial charge is 0.289 e. The highest BCUT2D eigenvalue weighted by Crippen LogP contribution is 2.25. The van der Waals surface area contributed by atoms with Gasteiger partial charge in [-0.2, -0.15) is 0 Å². The predicted molar refractivity (Wildman–Crippen MR) is 104 cm³/mol. The van der Waals surface area contributed by atoms with Crippen LogP contribution in [0, 0.1) is 0 Å². The first-order chi connectivity index (χ1) is 13.2. The Hall–Kier alpha value is -3.19. The molecule has 0 aliphatic rings. The van der Waals surface area contributed by atoms with Gasteiger partial charge in [0.2, 0.25) is 5.91 Å². The van der Waals surface area contributed by atoms with Gasteiger partial charge in [-0.1, -0.05) is 30.3 Å². The Balaban J connectivity index is 1.55. The number of benzene rings is 2. The molecule has 0 bridgehead atoms. The van der Waals surface area contributed by atoms with Gasteiger partial charge in [0.05, 0.1) is 13.0 Å². The molecule has 0 saturated carbocycles. The van der Waals surface area contributed by atoms with Crippen molar-refractivity contribution in [2.45, 2.75) is 13.3 Å². The monoisotopic (exact) mass is 381 g/mol. The zero-order valence-electron chi connectivity index (χ0n) is 14.8. The lowest BCUT2D eigenvalue weighted by Crippen LogP contribution is -2.42. The number of nitrogens with zero attached hydrogens (tertiary/aromatic N) is 1. The molecule has 0 spiro atoms. The Bertz CT molecular complexity index is 908. The molecule has 6 nitrogen and oxygen atoms in total. The summed E-state index contributed by atoms with van der Waals surface area (Å²) in [4.78, 5) is 28.4. The molecule has 3 rings (SSSR count). The van der Waals surface area contributed by atoms with Gasteiger partial charge in [0.25, 0.3) is 5.91 Å². The van der Waals surface area contributed by atoms with E-state index in [4.69, 9.17) is 4.74 Å². The normalized spacial score (nSPS) is 10.3. The topological polar surface area (TPSA) is 80.3 Å². The Morgan fingerprint density at radius 3 is 2.48 bits per heavy atom. The largest absolute Gasteiger partial charge is 0.494 e. The van der Waals surface area contributed by atoms with E-state index in [0.717, 1.165) is 21.9 Å². The summed E-state index contributed by atoms with van der Waals surface area (Å²) in [6.07, 6.45) is 0.190. The zero-order chi connectivity index (χ0) is 19.1. The lowest BCUT2D eigenvalue weighted by Gasteiger charge is -2.06. The van der Waals surface area contributed by atoms with Crippen LogP contribution < -0.4 is 15.6 Å². The van der Waals surface area contributed by atoms with Crippen molar-refractivity contribution < 1.29 is 14.3 Å². The molecule has 1 aromatic heterocycles. The maximum Gasteiger partial charge on any atom is 0.289 e. The van der Waals surface area contributed by atoms with Crippen LogP contribution in [0.4, 0.5) is 0 Å². The van der Waals surface area contributed by atoms with E-state index >= 15 is 0 Å². The number of hydrogen-bond acceptors (Lipinski definition) is 5. The molecule has 2 amide bonds. The van der Waals surface area contributed by atoms with Crippen LogP contribution in [-0.2, 0) is 11.2 Å². The van der Waals surface area contributed by atoms with Gasteiger partial charge >= 0.3 is 0 Å². The highest BCUT2D eigenvalue weighted by molar-refractivity contribution is 7.13. The number of carbonyl (C=O) groups excluding carboxylic acids is 2. The summed E-state index contributed by atoms with van der Waals surface area (Å²) in [6.45, 7) is 2.54. The third-order valence-electron chi connectivity index (χ3n) is 3.67. The van der Waals surface area contributed by atoms with Crippen molar-refractivity contribution in [1.29, 1.82) is 0 Å². The number of nitrogens with one attached hydrogen (secondary N) is 2. The Kier molecular flexibility index (Phi) is 6.17. The van der Waals surface area contributed by atoms with Crippen LogP contribution in [0.3, 0.4) is 0 Å². The summed E-state index contributed by atoms with van der Waals surface area (Å²) >= 11 is 1.36. The lowest BCUT2D eigenvalue weighted by molar-refractivity contribution is -0.121. The Morgan fingerprint density at radius 2 is 1.78 bits per heavy atom.